The number of hydrogen-bond acceptors (Lipinski definition) is 1. The molecular formula is C12H15ClO. The van der Waals surface area contributed by atoms with Crippen LogP contribution in [0, 0.1) is 5.92 Å². The first-order chi connectivity index (χ1) is 6.85. The first kappa shape index (κ1) is 9.85. The zero-order valence-electron chi connectivity index (χ0n) is 8.37. The normalized spacial score (nSPS) is 24.7. The molecule has 1 nitrogen and oxygen atoms in total. The molecule has 1 aromatic carbocycles. The molecule has 0 spiro atoms. The van der Waals surface area contributed by atoms with Gasteiger partial charge in [0.2, 0.25) is 0 Å². The van der Waals surface area contributed by atoms with Crippen molar-refractivity contribution in [2.45, 2.75) is 19.3 Å². The van der Waals surface area contributed by atoms with Crippen LogP contribution >= 0.6 is 11.6 Å². The van der Waals surface area contributed by atoms with E-state index in [0.29, 0.717) is 11.8 Å². The molecule has 1 aliphatic rings. The summed E-state index contributed by atoms with van der Waals surface area (Å²) in [6, 6.07) is 8.37. The molecule has 0 amide bonds. The molecule has 2 rings (SSSR count). The minimum Gasteiger partial charge on any atom is -0.494 e. The lowest BCUT2D eigenvalue weighted by atomic mass is 10.1. The molecule has 2 atom stereocenters. The van der Waals surface area contributed by atoms with E-state index in [2.05, 4.69) is 18.2 Å². The number of halogens is 1. The zero-order valence-corrected chi connectivity index (χ0v) is 9.13. The molecule has 1 aromatic rings. The van der Waals surface area contributed by atoms with Gasteiger partial charge in [0.1, 0.15) is 5.75 Å². The Balaban J connectivity index is 2.07. The van der Waals surface area contributed by atoms with E-state index >= 15 is 0 Å². The summed E-state index contributed by atoms with van der Waals surface area (Å²) in [5.41, 5.74) is 1.38. The topological polar surface area (TPSA) is 9.23 Å². The molecule has 0 heterocycles. The molecule has 2 unspecified atom stereocenters. The van der Waals surface area contributed by atoms with Crippen LogP contribution in [0.25, 0.3) is 0 Å². The number of ether oxygens (including phenoxy) is 1. The summed E-state index contributed by atoms with van der Waals surface area (Å²) >= 11 is 5.81. The zero-order chi connectivity index (χ0) is 9.97. The molecule has 0 N–H and O–H groups in total. The van der Waals surface area contributed by atoms with Crippen LogP contribution in [0.4, 0.5) is 0 Å². The Bertz CT molecular complexity index is 311. The molecule has 0 radical (unpaired) electrons. The van der Waals surface area contributed by atoms with Crippen LogP contribution < -0.4 is 4.74 Å². The highest BCUT2D eigenvalue weighted by Crippen LogP contribution is 2.48. The van der Waals surface area contributed by atoms with Gasteiger partial charge in [-0.3, -0.25) is 0 Å². The smallest absolute Gasteiger partial charge is 0.119 e. The molecular weight excluding hydrogens is 196 g/mol. The van der Waals surface area contributed by atoms with Gasteiger partial charge in [0.15, 0.2) is 0 Å². The lowest BCUT2D eigenvalue weighted by molar-refractivity contribution is 0.340. The lowest BCUT2D eigenvalue weighted by Crippen LogP contribution is -1.92. The van der Waals surface area contributed by atoms with Crippen molar-refractivity contribution in [2.24, 2.45) is 5.92 Å². The second-order valence-electron chi connectivity index (χ2n) is 3.76. The monoisotopic (exact) mass is 210 g/mol. The third-order valence-electron chi connectivity index (χ3n) is 2.72. The van der Waals surface area contributed by atoms with Crippen LogP contribution in [-0.2, 0) is 0 Å². The minimum absolute atomic E-state index is 0.674. The maximum atomic E-state index is 5.81. The van der Waals surface area contributed by atoms with Crippen LogP contribution in [0.5, 0.6) is 5.75 Å². The highest BCUT2D eigenvalue weighted by atomic mass is 35.5. The van der Waals surface area contributed by atoms with Crippen LogP contribution in [0.2, 0.25) is 0 Å². The standard InChI is InChI=1S/C12H15ClO/c1-2-14-11-5-3-4-9(6-11)12-7-10(12)8-13/h3-6,10,12H,2,7-8H2,1H3. The highest BCUT2D eigenvalue weighted by Gasteiger charge is 2.37. The van der Waals surface area contributed by atoms with Gasteiger partial charge in [-0.2, -0.15) is 0 Å². The maximum absolute atomic E-state index is 5.81. The largest absolute Gasteiger partial charge is 0.494 e. The fourth-order valence-corrected chi connectivity index (χ4v) is 2.17. The van der Waals surface area contributed by atoms with E-state index in [4.69, 9.17) is 16.3 Å². The second kappa shape index (κ2) is 4.22. The Morgan fingerprint density at radius 1 is 1.50 bits per heavy atom. The molecule has 0 saturated heterocycles. The predicted molar refractivity (Wildman–Crippen MR) is 59.2 cm³/mol. The van der Waals surface area contributed by atoms with Gasteiger partial charge in [-0.05, 0) is 42.9 Å². The minimum atomic E-state index is 0.674. The Hall–Kier alpha value is -0.690. The molecule has 0 aliphatic heterocycles. The van der Waals surface area contributed by atoms with E-state index in [-0.39, 0.29) is 0 Å². The van der Waals surface area contributed by atoms with Crippen molar-refractivity contribution in [1.82, 2.24) is 0 Å². The van der Waals surface area contributed by atoms with E-state index in [1.165, 1.54) is 12.0 Å². The third kappa shape index (κ3) is 2.03. The van der Waals surface area contributed by atoms with Crippen LogP contribution in [0.3, 0.4) is 0 Å². The lowest BCUT2D eigenvalue weighted by Gasteiger charge is -2.05. The maximum Gasteiger partial charge on any atom is 0.119 e. The van der Waals surface area contributed by atoms with Gasteiger partial charge in [-0.1, -0.05) is 12.1 Å². The molecule has 0 aromatic heterocycles. The second-order valence-corrected chi connectivity index (χ2v) is 4.07. The van der Waals surface area contributed by atoms with Crippen molar-refractivity contribution < 1.29 is 4.74 Å². The molecule has 14 heavy (non-hydrogen) atoms. The van der Waals surface area contributed by atoms with Gasteiger partial charge in [-0.25, -0.2) is 0 Å². The van der Waals surface area contributed by atoms with Crippen molar-refractivity contribution in [3.63, 3.8) is 0 Å². The van der Waals surface area contributed by atoms with E-state index < -0.39 is 0 Å². The number of benzene rings is 1. The van der Waals surface area contributed by atoms with Gasteiger partial charge in [-0.15, -0.1) is 11.6 Å². The SMILES string of the molecule is CCOc1cccc(C2CC2CCl)c1. The molecule has 1 aliphatic carbocycles. The Morgan fingerprint density at radius 2 is 2.36 bits per heavy atom. The summed E-state index contributed by atoms with van der Waals surface area (Å²) in [5.74, 6) is 3.12. The quantitative estimate of drug-likeness (QED) is 0.692. The van der Waals surface area contributed by atoms with Crippen LogP contribution in [-0.4, -0.2) is 12.5 Å². The van der Waals surface area contributed by atoms with Gasteiger partial charge < -0.3 is 4.74 Å². The Labute approximate surface area is 90.0 Å². The van der Waals surface area contributed by atoms with Crippen molar-refractivity contribution in [1.29, 1.82) is 0 Å². The summed E-state index contributed by atoms with van der Waals surface area (Å²) in [7, 11) is 0. The summed E-state index contributed by atoms with van der Waals surface area (Å²) < 4.78 is 5.46. The van der Waals surface area contributed by atoms with Gasteiger partial charge in [0, 0.05) is 5.88 Å². The van der Waals surface area contributed by atoms with E-state index in [9.17, 15) is 0 Å². The average molecular weight is 211 g/mol. The molecule has 1 fully saturated rings. The Kier molecular flexibility index (Phi) is 2.97. The van der Waals surface area contributed by atoms with E-state index in [0.717, 1.165) is 18.2 Å². The van der Waals surface area contributed by atoms with Crippen LogP contribution in [0.15, 0.2) is 24.3 Å². The summed E-state index contributed by atoms with van der Waals surface area (Å²) in [6.07, 6.45) is 1.24. The van der Waals surface area contributed by atoms with Crippen molar-refractivity contribution >= 4 is 11.6 Å². The van der Waals surface area contributed by atoms with Gasteiger partial charge >= 0.3 is 0 Å². The Morgan fingerprint density at radius 3 is 3.00 bits per heavy atom. The van der Waals surface area contributed by atoms with Crippen molar-refractivity contribution in [3.8, 4) is 5.75 Å². The number of rotatable bonds is 4. The number of hydrogen-bond donors (Lipinski definition) is 0. The third-order valence-corrected chi connectivity index (χ3v) is 3.11. The molecule has 0 bridgehead atoms. The molecule has 76 valence electrons. The predicted octanol–water partition coefficient (Wildman–Crippen LogP) is 3.43. The average Bonchev–Trinajstić information content (AvgIpc) is 2.98. The first-order valence-corrected chi connectivity index (χ1v) is 5.67. The highest BCUT2D eigenvalue weighted by molar-refractivity contribution is 6.18. The van der Waals surface area contributed by atoms with Crippen molar-refractivity contribution in [3.05, 3.63) is 29.8 Å². The summed E-state index contributed by atoms with van der Waals surface area (Å²) in [5, 5.41) is 0. The summed E-state index contributed by atoms with van der Waals surface area (Å²) in [6.45, 7) is 2.73. The van der Waals surface area contributed by atoms with Crippen LogP contribution in [0.1, 0.15) is 24.8 Å². The van der Waals surface area contributed by atoms with Gasteiger partial charge in [0.05, 0.1) is 6.61 Å². The van der Waals surface area contributed by atoms with Gasteiger partial charge in [0.25, 0.3) is 0 Å². The van der Waals surface area contributed by atoms with E-state index in [1.807, 2.05) is 13.0 Å². The summed E-state index contributed by atoms with van der Waals surface area (Å²) in [4.78, 5) is 0. The number of alkyl halides is 1. The van der Waals surface area contributed by atoms with E-state index in [1.54, 1.807) is 0 Å². The fraction of sp³-hybridized carbons (Fsp3) is 0.500. The fourth-order valence-electron chi connectivity index (χ4n) is 1.83. The first-order valence-electron chi connectivity index (χ1n) is 5.14. The molecule has 1 saturated carbocycles. The molecule has 2 heteroatoms. The van der Waals surface area contributed by atoms with Crippen molar-refractivity contribution in [2.75, 3.05) is 12.5 Å².